The largest absolute Gasteiger partial charge is 0.407 e. The van der Waals surface area contributed by atoms with Crippen LogP contribution < -0.4 is 16.2 Å². The maximum absolute atomic E-state index is 13.5. The highest BCUT2D eigenvalue weighted by Crippen LogP contribution is 2.47. The molecule has 28 heavy (non-hydrogen) atoms. The van der Waals surface area contributed by atoms with Crippen LogP contribution in [0.1, 0.15) is 31.9 Å². The van der Waals surface area contributed by atoms with E-state index in [0.717, 1.165) is 6.42 Å². The molecule has 0 aliphatic heterocycles. The second-order valence-corrected chi connectivity index (χ2v) is 7.80. The van der Waals surface area contributed by atoms with Crippen LogP contribution in [-0.4, -0.2) is 27.4 Å². The SMILES string of the molecule is CC1(C)CC1NC(c1ccc(Nc2n[nH]c3cc[nH]c(=O)c23)cc1)C(F)(F)F. The number of pyridine rings is 1. The van der Waals surface area contributed by atoms with E-state index in [4.69, 9.17) is 0 Å². The number of rotatable bonds is 5. The smallest absolute Gasteiger partial charge is 0.338 e. The summed E-state index contributed by atoms with van der Waals surface area (Å²) in [5, 5.41) is 12.9. The Morgan fingerprint density at radius 2 is 1.89 bits per heavy atom. The lowest BCUT2D eigenvalue weighted by Gasteiger charge is -2.23. The van der Waals surface area contributed by atoms with Gasteiger partial charge >= 0.3 is 6.18 Å². The molecule has 1 saturated carbocycles. The van der Waals surface area contributed by atoms with Crippen molar-refractivity contribution in [3.63, 3.8) is 0 Å². The van der Waals surface area contributed by atoms with Gasteiger partial charge in [0, 0.05) is 17.9 Å². The molecule has 0 bridgehead atoms. The Labute approximate surface area is 158 Å². The molecule has 1 aromatic carbocycles. The number of hydrogen-bond donors (Lipinski definition) is 4. The van der Waals surface area contributed by atoms with Crippen molar-refractivity contribution in [1.82, 2.24) is 20.5 Å². The molecule has 148 valence electrons. The summed E-state index contributed by atoms with van der Waals surface area (Å²) in [5.41, 5.74) is 0.826. The summed E-state index contributed by atoms with van der Waals surface area (Å²) in [6, 6.07) is 5.76. The van der Waals surface area contributed by atoms with Crippen molar-refractivity contribution in [2.75, 3.05) is 5.32 Å². The van der Waals surface area contributed by atoms with Gasteiger partial charge in [0.2, 0.25) is 0 Å². The molecule has 2 aromatic heterocycles. The van der Waals surface area contributed by atoms with Gasteiger partial charge in [-0.3, -0.25) is 15.2 Å². The molecule has 0 spiro atoms. The van der Waals surface area contributed by atoms with Gasteiger partial charge in [-0.1, -0.05) is 26.0 Å². The lowest BCUT2D eigenvalue weighted by molar-refractivity contribution is -0.158. The first-order valence-corrected chi connectivity index (χ1v) is 8.91. The zero-order chi connectivity index (χ0) is 20.1. The van der Waals surface area contributed by atoms with Gasteiger partial charge in [-0.2, -0.15) is 18.3 Å². The molecule has 1 aliphatic rings. The van der Waals surface area contributed by atoms with Crippen molar-refractivity contribution in [2.45, 2.75) is 38.5 Å². The Morgan fingerprint density at radius 3 is 2.50 bits per heavy atom. The van der Waals surface area contributed by atoms with Gasteiger partial charge in [-0.25, -0.2) is 0 Å². The molecule has 3 aromatic rings. The number of aromatic amines is 2. The number of aromatic nitrogens is 3. The summed E-state index contributed by atoms with van der Waals surface area (Å²) in [6.07, 6.45) is -2.16. The maximum atomic E-state index is 13.5. The van der Waals surface area contributed by atoms with Crippen molar-refractivity contribution in [3.8, 4) is 0 Å². The standard InChI is InChI=1S/C19H20F3N5O/c1-18(2)9-13(18)25-15(19(20,21)22)10-3-5-11(6-4-10)24-16-14-12(26-27-16)7-8-23-17(14)28/h3-8,13,15,25H,9H2,1-2H3,(H,23,28)(H2,24,26,27). The molecule has 1 fully saturated rings. The number of benzene rings is 1. The van der Waals surface area contributed by atoms with E-state index in [1.165, 1.54) is 18.3 Å². The predicted octanol–water partition coefficient (Wildman–Crippen LogP) is 3.99. The molecular formula is C19H20F3N5O. The lowest BCUT2D eigenvalue weighted by atomic mass is 10.0. The normalized spacial score (nSPS) is 19.5. The molecule has 9 heteroatoms. The minimum Gasteiger partial charge on any atom is -0.338 e. The number of fused-ring (bicyclic) bond motifs is 1. The number of hydrogen-bond acceptors (Lipinski definition) is 4. The van der Waals surface area contributed by atoms with Crippen LogP contribution in [0, 0.1) is 5.41 Å². The van der Waals surface area contributed by atoms with Gasteiger partial charge in [0.15, 0.2) is 5.82 Å². The average Bonchev–Trinajstić information content (AvgIpc) is 3.02. The minimum absolute atomic E-state index is 0.112. The first kappa shape index (κ1) is 18.5. The summed E-state index contributed by atoms with van der Waals surface area (Å²) >= 11 is 0. The highest BCUT2D eigenvalue weighted by atomic mass is 19.4. The summed E-state index contributed by atoms with van der Waals surface area (Å²) in [4.78, 5) is 14.5. The van der Waals surface area contributed by atoms with E-state index in [0.29, 0.717) is 22.4 Å². The zero-order valence-electron chi connectivity index (χ0n) is 15.3. The van der Waals surface area contributed by atoms with E-state index in [1.807, 2.05) is 13.8 Å². The zero-order valence-corrected chi connectivity index (χ0v) is 15.3. The highest BCUT2D eigenvalue weighted by Gasteiger charge is 2.51. The van der Waals surface area contributed by atoms with Crippen LogP contribution in [0.25, 0.3) is 10.9 Å². The first-order chi connectivity index (χ1) is 13.1. The minimum atomic E-state index is -4.39. The third kappa shape index (κ3) is 3.49. The molecule has 4 N–H and O–H groups in total. The lowest BCUT2D eigenvalue weighted by Crippen LogP contribution is -2.36. The van der Waals surface area contributed by atoms with Gasteiger partial charge in [0.1, 0.15) is 11.4 Å². The second-order valence-electron chi connectivity index (χ2n) is 7.80. The van der Waals surface area contributed by atoms with Crippen molar-refractivity contribution in [2.24, 2.45) is 5.41 Å². The summed E-state index contributed by atoms with van der Waals surface area (Å²) in [7, 11) is 0. The van der Waals surface area contributed by atoms with E-state index < -0.39 is 12.2 Å². The van der Waals surface area contributed by atoms with Crippen LogP contribution in [-0.2, 0) is 0 Å². The molecule has 2 unspecified atom stereocenters. The predicted molar refractivity (Wildman–Crippen MR) is 101 cm³/mol. The number of H-pyrrole nitrogens is 2. The number of nitrogens with zero attached hydrogens (tertiary/aromatic N) is 1. The number of nitrogens with one attached hydrogen (secondary N) is 4. The van der Waals surface area contributed by atoms with Gasteiger partial charge in [-0.05, 0) is 35.6 Å². The quantitative estimate of drug-likeness (QED) is 0.530. The van der Waals surface area contributed by atoms with Gasteiger partial charge < -0.3 is 10.3 Å². The Hall–Kier alpha value is -2.81. The Balaban J connectivity index is 1.56. The molecule has 0 radical (unpaired) electrons. The Kier molecular flexibility index (Phi) is 4.22. The van der Waals surface area contributed by atoms with E-state index in [2.05, 4.69) is 25.8 Å². The van der Waals surface area contributed by atoms with Crippen LogP contribution in [0.3, 0.4) is 0 Å². The van der Waals surface area contributed by atoms with Gasteiger partial charge in [0.25, 0.3) is 5.56 Å². The second kappa shape index (κ2) is 6.37. The van der Waals surface area contributed by atoms with Crippen LogP contribution in [0.15, 0.2) is 41.3 Å². The van der Waals surface area contributed by atoms with Crippen molar-refractivity contribution in [3.05, 3.63) is 52.4 Å². The molecular weight excluding hydrogens is 371 g/mol. The van der Waals surface area contributed by atoms with Crippen LogP contribution >= 0.6 is 0 Å². The third-order valence-corrected chi connectivity index (χ3v) is 5.20. The fourth-order valence-corrected chi connectivity index (χ4v) is 3.30. The molecule has 6 nitrogen and oxygen atoms in total. The Morgan fingerprint density at radius 1 is 1.21 bits per heavy atom. The Bertz CT molecular complexity index is 1050. The number of halogens is 3. The van der Waals surface area contributed by atoms with Gasteiger partial charge in [0.05, 0.1) is 5.52 Å². The van der Waals surface area contributed by atoms with Crippen molar-refractivity contribution in [1.29, 1.82) is 0 Å². The fourth-order valence-electron chi connectivity index (χ4n) is 3.30. The van der Waals surface area contributed by atoms with Crippen molar-refractivity contribution < 1.29 is 13.2 Å². The number of alkyl halides is 3. The molecule has 0 amide bonds. The molecule has 4 rings (SSSR count). The summed E-state index contributed by atoms with van der Waals surface area (Å²) < 4.78 is 40.6. The molecule has 2 heterocycles. The molecule has 1 aliphatic carbocycles. The average molecular weight is 391 g/mol. The number of anilines is 2. The first-order valence-electron chi connectivity index (χ1n) is 8.91. The monoisotopic (exact) mass is 391 g/mol. The van der Waals surface area contributed by atoms with E-state index in [1.54, 1.807) is 18.2 Å². The summed E-state index contributed by atoms with van der Waals surface area (Å²) in [6.45, 7) is 3.89. The molecule has 2 atom stereocenters. The van der Waals surface area contributed by atoms with Gasteiger partial charge in [-0.15, -0.1) is 0 Å². The topological polar surface area (TPSA) is 85.6 Å². The summed E-state index contributed by atoms with van der Waals surface area (Å²) in [5.74, 6) is 0.315. The van der Waals surface area contributed by atoms with E-state index >= 15 is 0 Å². The van der Waals surface area contributed by atoms with Crippen LogP contribution in [0.5, 0.6) is 0 Å². The van der Waals surface area contributed by atoms with E-state index in [-0.39, 0.29) is 22.6 Å². The third-order valence-electron chi connectivity index (χ3n) is 5.20. The highest BCUT2D eigenvalue weighted by molar-refractivity contribution is 5.90. The molecule has 0 saturated heterocycles. The maximum Gasteiger partial charge on any atom is 0.407 e. The van der Waals surface area contributed by atoms with E-state index in [9.17, 15) is 18.0 Å². The van der Waals surface area contributed by atoms with Crippen LogP contribution in [0.4, 0.5) is 24.7 Å². The van der Waals surface area contributed by atoms with Crippen LogP contribution in [0.2, 0.25) is 0 Å². The van der Waals surface area contributed by atoms with Crippen molar-refractivity contribution >= 4 is 22.4 Å². The fraction of sp³-hybridized carbons (Fsp3) is 0.368.